The first kappa shape index (κ1) is 13.0. The highest BCUT2D eigenvalue weighted by Gasteiger charge is 2.04. The van der Waals surface area contributed by atoms with Crippen LogP contribution in [0.3, 0.4) is 0 Å². The number of rotatable bonds is 5. The van der Waals surface area contributed by atoms with Gasteiger partial charge in [0.15, 0.2) is 0 Å². The summed E-state index contributed by atoms with van der Waals surface area (Å²) in [5, 5.41) is 16.8. The monoisotopic (exact) mass is 269 g/mol. The SMILES string of the molecule is OCCCc1cn(Cc2ccc(F)c(Cl)c2)nn1. The molecule has 0 bridgehead atoms. The van der Waals surface area contributed by atoms with Gasteiger partial charge in [-0.3, -0.25) is 0 Å². The molecule has 0 atom stereocenters. The Morgan fingerprint density at radius 2 is 2.22 bits per heavy atom. The van der Waals surface area contributed by atoms with Crippen molar-refractivity contribution in [2.75, 3.05) is 6.61 Å². The van der Waals surface area contributed by atoms with E-state index >= 15 is 0 Å². The van der Waals surface area contributed by atoms with Crippen LogP contribution in [0.15, 0.2) is 24.4 Å². The summed E-state index contributed by atoms with van der Waals surface area (Å²) in [4.78, 5) is 0. The Balaban J connectivity index is 2.04. The summed E-state index contributed by atoms with van der Waals surface area (Å²) in [6.07, 6.45) is 3.18. The van der Waals surface area contributed by atoms with Crippen LogP contribution in [0.25, 0.3) is 0 Å². The predicted octanol–water partition coefficient (Wildman–Crippen LogP) is 2.04. The molecule has 0 radical (unpaired) electrons. The average Bonchev–Trinajstić information content (AvgIpc) is 2.79. The molecule has 0 fully saturated rings. The number of halogens is 2. The molecule has 0 aliphatic heterocycles. The summed E-state index contributed by atoms with van der Waals surface area (Å²) >= 11 is 5.71. The van der Waals surface area contributed by atoms with Crippen LogP contribution < -0.4 is 0 Å². The number of aromatic nitrogens is 3. The van der Waals surface area contributed by atoms with E-state index in [1.165, 1.54) is 6.07 Å². The number of aliphatic hydroxyl groups excluding tert-OH is 1. The Bertz CT molecular complexity index is 530. The van der Waals surface area contributed by atoms with Gasteiger partial charge in [-0.05, 0) is 30.5 Å². The molecule has 1 N–H and O–H groups in total. The van der Waals surface area contributed by atoms with Crippen LogP contribution in [0.4, 0.5) is 4.39 Å². The van der Waals surface area contributed by atoms with Crippen LogP contribution in [0, 0.1) is 5.82 Å². The maximum absolute atomic E-state index is 13.0. The molecule has 0 unspecified atom stereocenters. The van der Waals surface area contributed by atoms with Crippen molar-refractivity contribution in [2.45, 2.75) is 19.4 Å². The molecular weight excluding hydrogens is 257 g/mol. The standard InChI is InChI=1S/C12H13ClFN3O/c13-11-6-9(3-4-12(11)14)7-17-8-10(15-16-17)2-1-5-18/h3-4,6,8,18H,1-2,5,7H2. The molecule has 1 aromatic carbocycles. The Morgan fingerprint density at radius 1 is 1.39 bits per heavy atom. The maximum atomic E-state index is 13.0. The van der Waals surface area contributed by atoms with Crippen molar-refractivity contribution in [3.63, 3.8) is 0 Å². The van der Waals surface area contributed by atoms with E-state index in [2.05, 4.69) is 10.3 Å². The molecule has 6 heteroatoms. The van der Waals surface area contributed by atoms with E-state index in [9.17, 15) is 4.39 Å². The fourth-order valence-electron chi connectivity index (χ4n) is 1.62. The van der Waals surface area contributed by atoms with E-state index in [1.807, 2.05) is 6.20 Å². The van der Waals surface area contributed by atoms with E-state index in [0.29, 0.717) is 19.4 Å². The number of aryl methyl sites for hydroxylation is 1. The van der Waals surface area contributed by atoms with Gasteiger partial charge in [-0.1, -0.05) is 22.9 Å². The lowest BCUT2D eigenvalue weighted by atomic mass is 10.2. The maximum Gasteiger partial charge on any atom is 0.141 e. The summed E-state index contributed by atoms with van der Waals surface area (Å²) in [7, 11) is 0. The first-order valence-corrected chi connectivity index (χ1v) is 6.00. The van der Waals surface area contributed by atoms with E-state index in [4.69, 9.17) is 16.7 Å². The number of aliphatic hydroxyl groups is 1. The van der Waals surface area contributed by atoms with Crippen molar-refractivity contribution in [1.29, 1.82) is 0 Å². The third-order valence-electron chi connectivity index (χ3n) is 2.51. The van der Waals surface area contributed by atoms with Crippen LogP contribution in [-0.2, 0) is 13.0 Å². The van der Waals surface area contributed by atoms with Gasteiger partial charge < -0.3 is 5.11 Å². The molecule has 2 aromatic rings. The molecule has 0 saturated carbocycles. The van der Waals surface area contributed by atoms with Gasteiger partial charge in [0.1, 0.15) is 5.82 Å². The zero-order valence-corrected chi connectivity index (χ0v) is 10.4. The molecule has 1 heterocycles. The van der Waals surface area contributed by atoms with Crippen LogP contribution >= 0.6 is 11.6 Å². The van der Waals surface area contributed by atoms with E-state index < -0.39 is 5.82 Å². The zero-order chi connectivity index (χ0) is 13.0. The molecule has 0 saturated heterocycles. The third-order valence-corrected chi connectivity index (χ3v) is 2.80. The topological polar surface area (TPSA) is 50.9 Å². The number of benzene rings is 1. The van der Waals surface area contributed by atoms with E-state index in [-0.39, 0.29) is 11.6 Å². The lowest BCUT2D eigenvalue weighted by Crippen LogP contribution is -2.00. The molecule has 0 aliphatic rings. The van der Waals surface area contributed by atoms with Crippen molar-refractivity contribution in [3.05, 3.63) is 46.5 Å². The van der Waals surface area contributed by atoms with Crippen molar-refractivity contribution in [1.82, 2.24) is 15.0 Å². The highest BCUT2D eigenvalue weighted by molar-refractivity contribution is 6.30. The fraction of sp³-hybridized carbons (Fsp3) is 0.333. The number of hydrogen-bond acceptors (Lipinski definition) is 3. The highest BCUT2D eigenvalue weighted by atomic mass is 35.5. The molecule has 2 rings (SSSR count). The van der Waals surface area contributed by atoms with Crippen molar-refractivity contribution >= 4 is 11.6 Å². The van der Waals surface area contributed by atoms with Crippen LogP contribution in [0.1, 0.15) is 17.7 Å². The molecule has 96 valence electrons. The summed E-state index contributed by atoms with van der Waals surface area (Å²) in [6.45, 7) is 0.632. The Labute approximate surface area is 109 Å². The van der Waals surface area contributed by atoms with Crippen LogP contribution in [0.5, 0.6) is 0 Å². The van der Waals surface area contributed by atoms with E-state index in [0.717, 1.165) is 11.3 Å². The highest BCUT2D eigenvalue weighted by Crippen LogP contribution is 2.16. The largest absolute Gasteiger partial charge is 0.396 e. The van der Waals surface area contributed by atoms with Gasteiger partial charge in [-0.25, -0.2) is 9.07 Å². The second-order valence-corrected chi connectivity index (χ2v) is 4.39. The minimum absolute atomic E-state index is 0.105. The molecule has 0 spiro atoms. The van der Waals surface area contributed by atoms with Crippen molar-refractivity contribution in [3.8, 4) is 0 Å². The number of nitrogens with zero attached hydrogens (tertiary/aromatic N) is 3. The van der Waals surface area contributed by atoms with Gasteiger partial charge in [0.25, 0.3) is 0 Å². The molecule has 1 aromatic heterocycles. The van der Waals surface area contributed by atoms with Gasteiger partial charge in [-0.2, -0.15) is 0 Å². The van der Waals surface area contributed by atoms with Crippen LogP contribution in [0.2, 0.25) is 5.02 Å². The summed E-state index contributed by atoms with van der Waals surface area (Å²) in [6, 6.07) is 4.57. The average molecular weight is 270 g/mol. The fourth-order valence-corrected chi connectivity index (χ4v) is 1.82. The van der Waals surface area contributed by atoms with Crippen molar-refractivity contribution in [2.24, 2.45) is 0 Å². The quantitative estimate of drug-likeness (QED) is 0.904. The normalized spacial score (nSPS) is 10.8. The second-order valence-electron chi connectivity index (χ2n) is 3.98. The lowest BCUT2D eigenvalue weighted by molar-refractivity contribution is 0.288. The summed E-state index contributed by atoms with van der Waals surface area (Å²) in [5.74, 6) is -0.428. The summed E-state index contributed by atoms with van der Waals surface area (Å²) < 4.78 is 14.7. The van der Waals surface area contributed by atoms with Crippen molar-refractivity contribution < 1.29 is 9.50 Å². The van der Waals surface area contributed by atoms with Gasteiger partial charge in [0.2, 0.25) is 0 Å². The first-order valence-electron chi connectivity index (χ1n) is 5.63. The molecule has 0 amide bonds. The Hall–Kier alpha value is -1.46. The lowest BCUT2D eigenvalue weighted by Gasteiger charge is -2.02. The van der Waals surface area contributed by atoms with Crippen LogP contribution in [-0.4, -0.2) is 26.7 Å². The molecule has 4 nitrogen and oxygen atoms in total. The molecule has 18 heavy (non-hydrogen) atoms. The first-order chi connectivity index (χ1) is 8.69. The van der Waals surface area contributed by atoms with Gasteiger partial charge in [0.05, 0.1) is 17.3 Å². The number of hydrogen-bond donors (Lipinski definition) is 1. The Morgan fingerprint density at radius 3 is 2.94 bits per heavy atom. The predicted molar refractivity (Wildman–Crippen MR) is 65.9 cm³/mol. The van der Waals surface area contributed by atoms with Gasteiger partial charge in [0, 0.05) is 12.8 Å². The molecule has 0 aliphatic carbocycles. The smallest absolute Gasteiger partial charge is 0.141 e. The summed E-state index contributed by atoms with van der Waals surface area (Å²) in [5.41, 5.74) is 1.69. The molecular formula is C12H13ClFN3O. The third kappa shape index (κ3) is 3.27. The van der Waals surface area contributed by atoms with Gasteiger partial charge >= 0.3 is 0 Å². The zero-order valence-electron chi connectivity index (χ0n) is 9.68. The van der Waals surface area contributed by atoms with Gasteiger partial charge in [-0.15, -0.1) is 5.10 Å². The van der Waals surface area contributed by atoms with E-state index in [1.54, 1.807) is 16.8 Å². The second kappa shape index (κ2) is 5.93. The minimum Gasteiger partial charge on any atom is -0.396 e. The minimum atomic E-state index is -0.428. The Kier molecular flexibility index (Phi) is 4.28.